The molecular formula is C32H41ClN6O4. The molecule has 0 spiro atoms. The Hall–Kier alpha value is -3.86. The van der Waals surface area contributed by atoms with E-state index >= 15 is 0 Å². The molecule has 1 aromatic heterocycles. The molecule has 2 amide bonds. The number of nitrogens with one attached hydrogen (secondary N) is 1. The molecule has 1 saturated heterocycles. The van der Waals surface area contributed by atoms with Crippen LogP contribution in [0.3, 0.4) is 0 Å². The first kappa shape index (κ1) is 32.1. The van der Waals surface area contributed by atoms with E-state index in [0.29, 0.717) is 36.9 Å². The summed E-state index contributed by atoms with van der Waals surface area (Å²) < 4.78 is 10.7. The number of nitrogens with zero attached hydrogens (tertiary/aromatic N) is 4. The molecule has 4 rings (SSSR count). The van der Waals surface area contributed by atoms with E-state index in [-0.39, 0.29) is 24.6 Å². The Labute approximate surface area is 258 Å². The summed E-state index contributed by atoms with van der Waals surface area (Å²) in [5, 5.41) is 3.65. The third-order valence-electron chi connectivity index (χ3n) is 7.43. The number of pyridine rings is 1. The molecule has 230 valence electrons. The Kier molecular flexibility index (Phi) is 10.2. The molecule has 2 aliphatic rings. The first-order chi connectivity index (χ1) is 20.5. The van der Waals surface area contributed by atoms with Gasteiger partial charge in [0.05, 0.1) is 23.5 Å². The van der Waals surface area contributed by atoms with Crippen molar-refractivity contribution in [2.24, 2.45) is 5.73 Å². The van der Waals surface area contributed by atoms with Crippen LogP contribution in [0.15, 0.2) is 61.2 Å². The second-order valence-electron chi connectivity index (χ2n) is 11.5. The van der Waals surface area contributed by atoms with Crippen molar-refractivity contribution < 1.29 is 19.1 Å². The lowest BCUT2D eigenvalue weighted by Gasteiger charge is -2.40. The van der Waals surface area contributed by atoms with Gasteiger partial charge in [-0.2, -0.15) is 0 Å². The fourth-order valence-electron chi connectivity index (χ4n) is 5.46. The number of likely N-dealkylation sites (N-methyl/N-ethyl adjacent to an activating group) is 1. The Morgan fingerprint density at radius 2 is 1.98 bits per heavy atom. The molecule has 2 aromatic rings. The first-order valence-electron chi connectivity index (χ1n) is 14.2. The van der Waals surface area contributed by atoms with Crippen LogP contribution >= 0.6 is 11.6 Å². The lowest BCUT2D eigenvalue weighted by molar-refractivity contribution is -0.124. The summed E-state index contributed by atoms with van der Waals surface area (Å²) in [4.78, 5) is 36.4. The van der Waals surface area contributed by atoms with Crippen LogP contribution in [0.1, 0.15) is 49.2 Å². The zero-order valence-corrected chi connectivity index (χ0v) is 26.2. The van der Waals surface area contributed by atoms with Gasteiger partial charge >= 0.3 is 6.09 Å². The molecule has 0 bridgehead atoms. The van der Waals surface area contributed by atoms with Gasteiger partial charge in [0.2, 0.25) is 5.91 Å². The van der Waals surface area contributed by atoms with Gasteiger partial charge in [0.15, 0.2) is 0 Å². The number of carbonyl (C=O) groups excluding carboxylic acids is 2. The molecule has 1 aromatic carbocycles. The highest BCUT2D eigenvalue weighted by Gasteiger charge is 2.37. The van der Waals surface area contributed by atoms with Gasteiger partial charge in [0.25, 0.3) is 0 Å². The van der Waals surface area contributed by atoms with E-state index in [1.54, 1.807) is 22.2 Å². The van der Waals surface area contributed by atoms with Gasteiger partial charge in [-0.1, -0.05) is 30.3 Å². The van der Waals surface area contributed by atoms with Crippen LogP contribution < -0.4 is 11.1 Å². The molecule has 2 atom stereocenters. The number of hydrogen-bond acceptors (Lipinski definition) is 8. The molecule has 43 heavy (non-hydrogen) atoms. The predicted octanol–water partition coefficient (Wildman–Crippen LogP) is 4.24. The molecule has 3 N–H and O–H groups in total. The van der Waals surface area contributed by atoms with E-state index < -0.39 is 11.6 Å². The van der Waals surface area contributed by atoms with E-state index in [9.17, 15) is 9.59 Å². The second kappa shape index (κ2) is 13.6. The Balaban J connectivity index is 1.81. The quantitative estimate of drug-likeness (QED) is 0.458. The lowest BCUT2D eigenvalue weighted by atomic mass is 9.89. The van der Waals surface area contributed by atoms with E-state index in [4.69, 9.17) is 31.8 Å². The Bertz CT molecular complexity index is 1410. The molecule has 10 nitrogen and oxygen atoms in total. The van der Waals surface area contributed by atoms with Gasteiger partial charge in [-0.05, 0) is 73.5 Å². The van der Waals surface area contributed by atoms with Crippen molar-refractivity contribution in [3.05, 3.63) is 88.6 Å². The third-order valence-corrected chi connectivity index (χ3v) is 7.67. The van der Waals surface area contributed by atoms with Crippen molar-refractivity contribution in [2.75, 3.05) is 46.9 Å². The number of aromatic nitrogens is 1. The smallest absolute Gasteiger partial charge is 0.410 e. The zero-order chi connectivity index (χ0) is 31.3. The minimum atomic E-state index is -0.663. The van der Waals surface area contributed by atoms with Gasteiger partial charge in [0.1, 0.15) is 12.2 Å². The van der Waals surface area contributed by atoms with E-state index in [0.717, 1.165) is 28.0 Å². The highest BCUT2D eigenvalue weighted by molar-refractivity contribution is 6.30. The maximum absolute atomic E-state index is 13.0. The maximum Gasteiger partial charge on any atom is 0.410 e. The number of rotatable bonds is 8. The van der Waals surface area contributed by atoms with Crippen molar-refractivity contribution in [3.63, 3.8) is 0 Å². The highest BCUT2D eigenvalue weighted by atomic mass is 35.5. The molecule has 0 unspecified atom stereocenters. The summed E-state index contributed by atoms with van der Waals surface area (Å²) in [5.41, 5.74) is 10.6. The van der Waals surface area contributed by atoms with E-state index in [1.165, 1.54) is 13.3 Å². The van der Waals surface area contributed by atoms with Gasteiger partial charge in [0, 0.05) is 57.8 Å². The number of hydrogen-bond donors (Lipinski definition) is 2. The Morgan fingerprint density at radius 1 is 1.26 bits per heavy atom. The lowest BCUT2D eigenvalue weighted by Crippen LogP contribution is -2.51. The van der Waals surface area contributed by atoms with Gasteiger partial charge < -0.3 is 30.3 Å². The van der Waals surface area contributed by atoms with Crippen molar-refractivity contribution in [3.8, 4) is 0 Å². The van der Waals surface area contributed by atoms with Crippen LogP contribution in [0.2, 0.25) is 5.02 Å². The maximum atomic E-state index is 13.0. The monoisotopic (exact) mass is 608 g/mol. The third kappa shape index (κ3) is 7.38. The fraction of sp³-hybridized carbons (Fsp3) is 0.406. The normalized spacial score (nSPS) is 18.0. The van der Waals surface area contributed by atoms with Crippen LogP contribution in [0.4, 0.5) is 4.79 Å². The number of methoxy groups -OCH3 is 1. The molecular weight excluding hydrogens is 568 g/mol. The van der Waals surface area contributed by atoms with Crippen LogP contribution in [0, 0.1) is 0 Å². The number of amides is 2. The molecule has 0 radical (unpaired) electrons. The summed E-state index contributed by atoms with van der Waals surface area (Å²) in [7, 11) is 3.29. The topological polar surface area (TPSA) is 113 Å². The minimum absolute atomic E-state index is 0.121. The summed E-state index contributed by atoms with van der Waals surface area (Å²) in [6.45, 7) is 11.6. The van der Waals surface area contributed by atoms with Crippen LogP contribution in [0.25, 0.3) is 11.6 Å². The molecule has 1 aliphatic heterocycles. The van der Waals surface area contributed by atoms with Crippen molar-refractivity contribution >= 4 is 35.3 Å². The fourth-order valence-corrected chi connectivity index (χ4v) is 5.63. The van der Waals surface area contributed by atoms with Crippen LogP contribution in [0.5, 0.6) is 0 Å². The first-order valence-corrected chi connectivity index (χ1v) is 14.6. The average molecular weight is 609 g/mol. The van der Waals surface area contributed by atoms with Gasteiger partial charge in [-0.15, -0.1) is 0 Å². The molecule has 2 heterocycles. The van der Waals surface area contributed by atoms with Crippen molar-refractivity contribution in [2.45, 2.75) is 38.5 Å². The van der Waals surface area contributed by atoms with Crippen molar-refractivity contribution in [1.29, 1.82) is 0 Å². The van der Waals surface area contributed by atoms with E-state index in [2.05, 4.69) is 16.8 Å². The number of benzene rings is 1. The number of nitrogens with two attached hydrogens (primary N) is 1. The SMILES string of the molecule is C=CN(C)/C(=C\N)[C@H](NC(=O)COC)C1=Cc2cccnc2[C@@H](N2CCN(C(=O)OC(C)(C)C)CC2)c2ccc(Cl)cc21. The van der Waals surface area contributed by atoms with E-state index in [1.807, 2.05) is 64.2 Å². The highest BCUT2D eigenvalue weighted by Crippen LogP contribution is 2.42. The number of halogens is 1. The number of ether oxygens (including phenoxy) is 2. The van der Waals surface area contributed by atoms with Crippen LogP contribution in [-0.2, 0) is 14.3 Å². The Morgan fingerprint density at radius 3 is 2.60 bits per heavy atom. The summed E-state index contributed by atoms with van der Waals surface area (Å²) >= 11 is 6.62. The molecule has 1 fully saturated rings. The molecule has 0 saturated carbocycles. The largest absolute Gasteiger partial charge is 0.444 e. The summed E-state index contributed by atoms with van der Waals surface area (Å²) in [6, 6.07) is 8.79. The summed E-state index contributed by atoms with van der Waals surface area (Å²) in [5.74, 6) is -0.306. The number of piperazine rings is 1. The minimum Gasteiger partial charge on any atom is -0.444 e. The zero-order valence-electron chi connectivity index (χ0n) is 25.5. The number of carbonyl (C=O) groups is 2. The van der Waals surface area contributed by atoms with Crippen molar-refractivity contribution in [1.82, 2.24) is 25.0 Å². The standard InChI is InChI=1S/C32H41ClN6O4/c1-7-37(5)26(19-34)29(36-27(40)20-42-6)25-17-21-9-8-12-35-28(21)30(23-11-10-22(33)18-24(23)25)38-13-15-39(16-14-38)31(41)43-32(2,3)4/h7-12,17-19,29-30H,1,13-16,20,34H2,2-6H3,(H,36,40)/b26-19-/t29-,30+/m1/s1. The summed E-state index contributed by atoms with van der Waals surface area (Å²) in [6.07, 6.45) is 6.60. The second-order valence-corrected chi connectivity index (χ2v) is 12.0. The molecule has 11 heteroatoms. The van der Waals surface area contributed by atoms with Gasteiger partial charge in [-0.25, -0.2) is 4.79 Å². The average Bonchev–Trinajstić information content (AvgIpc) is 3.10. The molecule has 1 aliphatic carbocycles. The number of fused-ring (bicyclic) bond motifs is 2. The predicted molar refractivity (Wildman–Crippen MR) is 169 cm³/mol. The van der Waals surface area contributed by atoms with Gasteiger partial charge in [-0.3, -0.25) is 14.7 Å². The van der Waals surface area contributed by atoms with Crippen LogP contribution in [-0.4, -0.2) is 90.3 Å².